The smallest absolute Gasteiger partial charge is 0.240 e. The Morgan fingerprint density at radius 3 is 2.35 bits per heavy atom. The van der Waals surface area contributed by atoms with Crippen LogP contribution in [0.4, 0.5) is 0 Å². The third-order valence-corrected chi connectivity index (χ3v) is 4.91. The van der Waals surface area contributed by atoms with E-state index in [1.165, 1.54) is 0 Å². The molecule has 0 atom stereocenters. The second-order valence-corrected chi connectivity index (χ2v) is 7.16. The normalized spacial score (nSPS) is 17.6. The molecule has 2 N–H and O–H groups in total. The minimum Gasteiger partial charge on any atom is -0.314 e. The minimum absolute atomic E-state index is 0.0967. The molecule has 2 rings (SSSR count). The third kappa shape index (κ3) is 4.28. The number of nitrogens with zero attached hydrogens (tertiary/aromatic N) is 1. The number of piperazine rings is 1. The largest absolute Gasteiger partial charge is 0.314 e. The number of nitrogens with one attached hydrogen (secondary N) is 2. The Kier molecular flexibility index (Phi) is 5.15. The van der Waals surface area contributed by atoms with Crippen LogP contribution in [0, 0.1) is 0 Å². The van der Waals surface area contributed by atoms with Crippen molar-refractivity contribution in [1.29, 1.82) is 0 Å². The summed E-state index contributed by atoms with van der Waals surface area (Å²) >= 11 is 0. The van der Waals surface area contributed by atoms with Crippen molar-refractivity contribution in [2.24, 2.45) is 0 Å². The molecular weight excluding hydrogens is 274 g/mol. The van der Waals surface area contributed by atoms with Gasteiger partial charge in [0.25, 0.3) is 0 Å². The van der Waals surface area contributed by atoms with E-state index in [0.717, 1.165) is 38.3 Å². The van der Waals surface area contributed by atoms with Gasteiger partial charge in [-0.15, -0.1) is 0 Å². The van der Waals surface area contributed by atoms with Gasteiger partial charge in [0.05, 0.1) is 4.90 Å². The van der Waals surface area contributed by atoms with Crippen molar-refractivity contribution < 1.29 is 8.42 Å². The molecule has 1 aromatic rings. The van der Waals surface area contributed by atoms with E-state index in [0.29, 0.717) is 4.90 Å². The molecular formula is C14H23N3O2S. The van der Waals surface area contributed by atoms with Crippen LogP contribution in [-0.4, -0.2) is 45.5 Å². The molecule has 0 spiro atoms. The fraction of sp³-hybridized carbons (Fsp3) is 0.571. The van der Waals surface area contributed by atoms with Gasteiger partial charge in [0.1, 0.15) is 0 Å². The molecule has 0 aliphatic carbocycles. The lowest BCUT2D eigenvalue weighted by atomic mass is 10.2. The zero-order chi connectivity index (χ0) is 14.6. The summed E-state index contributed by atoms with van der Waals surface area (Å²) in [5.74, 6) is 0. The first kappa shape index (κ1) is 15.4. The Morgan fingerprint density at radius 1 is 1.20 bits per heavy atom. The Bertz CT molecular complexity index is 520. The van der Waals surface area contributed by atoms with Crippen molar-refractivity contribution in [2.75, 3.05) is 26.2 Å². The average molecular weight is 297 g/mol. The molecule has 5 nitrogen and oxygen atoms in total. The molecule has 0 aromatic heterocycles. The second-order valence-electron chi connectivity index (χ2n) is 5.45. The van der Waals surface area contributed by atoms with Crippen molar-refractivity contribution in [3.8, 4) is 0 Å². The van der Waals surface area contributed by atoms with E-state index in [-0.39, 0.29) is 6.04 Å². The van der Waals surface area contributed by atoms with E-state index in [1.54, 1.807) is 12.1 Å². The first-order valence-corrected chi connectivity index (χ1v) is 8.50. The molecule has 1 aliphatic rings. The van der Waals surface area contributed by atoms with Crippen LogP contribution in [0.15, 0.2) is 29.2 Å². The monoisotopic (exact) mass is 297 g/mol. The fourth-order valence-electron chi connectivity index (χ4n) is 2.28. The Morgan fingerprint density at radius 2 is 1.80 bits per heavy atom. The number of sulfonamides is 1. The predicted molar refractivity (Wildman–Crippen MR) is 80.0 cm³/mol. The van der Waals surface area contributed by atoms with Gasteiger partial charge in [0.15, 0.2) is 0 Å². The zero-order valence-corrected chi connectivity index (χ0v) is 12.9. The van der Waals surface area contributed by atoms with Crippen LogP contribution in [0.25, 0.3) is 0 Å². The van der Waals surface area contributed by atoms with Crippen molar-refractivity contribution in [2.45, 2.75) is 31.3 Å². The molecule has 1 heterocycles. The molecule has 0 amide bonds. The maximum absolute atomic E-state index is 12.0. The van der Waals surface area contributed by atoms with Gasteiger partial charge in [-0.05, 0) is 31.5 Å². The van der Waals surface area contributed by atoms with Gasteiger partial charge in [0, 0.05) is 38.8 Å². The Hall–Kier alpha value is -0.950. The summed E-state index contributed by atoms with van der Waals surface area (Å²) in [5.41, 5.74) is 1.15. The van der Waals surface area contributed by atoms with Crippen LogP contribution in [0.3, 0.4) is 0 Å². The summed E-state index contributed by atoms with van der Waals surface area (Å²) in [6, 6.07) is 7.07. The van der Waals surface area contributed by atoms with Gasteiger partial charge < -0.3 is 5.32 Å². The maximum Gasteiger partial charge on any atom is 0.240 e. The van der Waals surface area contributed by atoms with Gasteiger partial charge >= 0.3 is 0 Å². The van der Waals surface area contributed by atoms with Gasteiger partial charge in [-0.25, -0.2) is 13.1 Å². The molecule has 112 valence electrons. The summed E-state index contributed by atoms with van der Waals surface area (Å²) in [6.45, 7) is 8.62. The lowest BCUT2D eigenvalue weighted by Crippen LogP contribution is -2.42. The zero-order valence-electron chi connectivity index (χ0n) is 12.1. The molecule has 1 aromatic carbocycles. The minimum atomic E-state index is -3.38. The summed E-state index contributed by atoms with van der Waals surface area (Å²) in [4.78, 5) is 2.70. The van der Waals surface area contributed by atoms with E-state index < -0.39 is 10.0 Å². The van der Waals surface area contributed by atoms with E-state index >= 15 is 0 Å². The van der Waals surface area contributed by atoms with Crippen LogP contribution in [0.1, 0.15) is 19.4 Å². The molecule has 1 fully saturated rings. The van der Waals surface area contributed by atoms with Crippen LogP contribution in [0.5, 0.6) is 0 Å². The molecule has 1 aliphatic heterocycles. The maximum atomic E-state index is 12.0. The van der Waals surface area contributed by atoms with Gasteiger partial charge in [-0.2, -0.15) is 0 Å². The SMILES string of the molecule is CC(C)NS(=O)(=O)c1ccc(CN2CCNCC2)cc1. The lowest BCUT2D eigenvalue weighted by molar-refractivity contribution is 0.233. The van der Waals surface area contributed by atoms with Crippen LogP contribution in [0.2, 0.25) is 0 Å². The second kappa shape index (κ2) is 6.67. The molecule has 0 saturated carbocycles. The first-order chi connectivity index (χ1) is 9.47. The first-order valence-electron chi connectivity index (χ1n) is 7.02. The summed E-state index contributed by atoms with van der Waals surface area (Å²) in [5, 5.41) is 3.32. The lowest BCUT2D eigenvalue weighted by Gasteiger charge is -2.27. The highest BCUT2D eigenvalue weighted by Crippen LogP contribution is 2.13. The molecule has 20 heavy (non-hydrogen) atoms. The van der Waals surface area contributed by atoms with E-state index in [9.17, 15) is 8.42 Å². The van der Waals surface area contributed by atoms with Crippen LogP contribution >= 0.6 is 0 Å². The van der Waals surface area contributed by atoms with Gasteiger partial charge in [-0.3, -0.25) is 4.90 Å². The van der Waals surface area contributed by atoms with Gasteiger partial charge in [0.2, 0.25) is 10.0 Å². The van der Waals surface area contributed by atoms with Crippen LogP contribution < -0.4 is 10.0 Å². The quantitative estimate of drug-likeness (QED) is 0.843. The Balaban J connectivity index is 2.02. The summed E-state index contributed by atoms with van der Waals surface area (Å²) < 4.78 is 26.6. The highest BCUT2D eigenvalue weighted by Gasteiger charge is 2.15. The molecule has 6 heteroatoms. The number of benzene rings is 1. The summed E-state index contributed by atoms with van der Waals surface area (Å²) in [6.07, 6.45) is 0. The molecule has 1 saturated heterocycles. The number of hydrogen-bond donors (Lipinski definition) is 2. The van der Waals surface area contributed by atoms with E-state index in [1.807, 2.05) is 26.0 Å². The fourth-order valence-corrected chi connectivity index (χ4v) is 3.53. The topological polar surface area (TPSA) is 61.4 Å². The van der Waals surface area contributed by atoms with E-state index in [4.69, 9.17) is 0 Å². The van der Waals surface area contributed by atoms with Crippen molar-refractivity contribution >= 4 is 10.0 Å². The van der Waals surface area contributed by atoms with Crippen molar-refractivity contribution in [3.63, 3.8) is 0 Å². The van der Waals surface area contributed by atoms with E-state index in [2.05, 4.69) is 14.9 Å². The van der Waals surface area contributed by atoms with Crippen LogP contribution in [-0.2, 0) is 16.6 Å². The molecule has 0 bridgehead atoms. The van der Waals surface area contributed by atoms with Crippen molar-refractivity contribution in [3.05, 3.63) is 29.8 Å². The molecule has 0 unspecified atom stereocenters. The average Bonchev–Trinajstić information content (AvgIpc) is 2.39. The highest BCUT2D eigenvalue weighted by atomic mass is 32.2. The highest BCUT2D eigenvalue weighted by molar-refractivity contribution is 7.89. The van der Waals surface area contributed by atoms with Crippen molar-refractivity contribution in [1.82, 2.24) is 14.9 Å². The predicted octanol–water partition coefficient (Wildman–Crippen LogP) is 0.779. The standard InChI is InChI=1S/C14H23N3O2S/c1-12(2)16-20(18,19)14-5-3-13(4-6-14)11-17-9-7-15-8-10-17/h3-6,12,15-16H,7-11H2,1-2H3. The Labute approximate surface area is 121 Å². The van der Waals surface area contributed by atoms with Gasteiger partial charge in [-0.1, -0.05) is 12.1 Å². The number of hydrogen-bond acceptors (Lipinski definition) is 4. The summed E-state index contributed by atoms with van der Waals surface area (Å²) in [7, 11) is -3.38. The number of rotatable bonds is 5. The molecule has 0 radical (unpaired) electrons. The third-order valence-electron chi connectivity index (χ3n) is 3.24.